The van der Waals surface area contributed by atoms with E-state index in [-0.39, 0.29) is 25.2 Å². The largest absolute Gasteiger partial charge is 0.457 e. The Balaban J connectivity index is 1.24. The van der Waals surface area contributed by atoms with E-state index in [1.165, 1.54) is 12.2 Å². The van der Waals surface area contributed by atoms with Crippen molar-refractivity contribution in [1.82, 2.24) is 5.39 Å². The summed E-state index contributed by atoms with van der Waals surface area (Å²) >= 11 is 0. The number of halogens is 1. The van der Waals surface area contributed by atoms with E-state index < -0.39 is 75.7 Å². The second-order valence-electron chi connectivity index (χ2n) is 14.0. The number of rotatable bonds is 8. The van der Waals surface area contributed by atoms with Gasteiger partial charge in [-0.3, -0.25) is 24.8 Å². The summed E-state index contributed by atoms with van der Waals surface area (Å²) in [4.78, 5) is 43.9. The third kappa shape index (κ3) is 4.84. The topological polar surface area (TPSA) is 152 Å². The predicted octanol–water partition coefficient (Wildman–Crippen LogP) is 3.72. The molecule has 0 amide bonds. The van der Waals surface area contributed by atoms with Crippen molar-refractivity contribution in [2.45, 2.75) is 95.7 Å². The van der Waals surface area contributed by atoms with E-state index in [4.69, 9.17) is 24.6 Å². The number of aliphatic hydroxyl groups excluding tert-OH is 1. The minimum Gasteiger partial charge on any atom is -0.457 e. The Morgan fingerprint density at radius 3 is 2.60 bits per heavy atom. The molecule has 244 valence electrons. The normalized spacial score (nSPS) is 39.5. The van der Waals surface area contributed by atoms with E-state index in [0.29, 0.717) is 36.0 Å². The molecule has 11 nitrogen and oxygen atoms in total. The lowest BCUT2D eigenvalue weighted by molar-refractivity contribution is -0.497. The molecule has 1 unspecified atom stereocenters. The lowest BCUT2D eigenvalue weighted by atomic mass is 9.44. The Labute approximate surface area is 260 Å². The molecule has 45 heavy (non-hydrogen) atoms. The molecule has 3 saturated carbocycles. The lowest BCUT2D eigenvalue weighted by Gasteiger charge is -2.62. The van der Waals surface area contributed by atoms with Gasteiger partial charge in [-0.15, -0.1) is 0 Å². The first-order valence-electron chi connectivity index (χ1n) is 15.3. The summed E-state index contributed by atoms with van der Waals surface area (Å²) in [5.74, 6) is -3.54. The van der Waals surface area contributed by atoms with E-state index in [2.05, 4.69) is 4.84 Å². The SMILES string of the molecule is CC1(C)O[C@@H]2C[C@H]3C4CCC5=CC(=O)C=C[C@]5(C)[C@@]4(F)[C@@H](O)C[C@]3(C)[C@]2(C(=O)COC(=O)Cc2cccc(CON(O)O)c2)O1. The molecule has 4 fully saturated rings. The van der Waals surface area contributed by atoms with Crippen LogP contribution in [-0.4, -0.2) is 74.3 Å². The van der Waals surface area contributed by atoms with E-state index in [1.54, 1.807) is 51.1 Å². The number of nitrogens with zero attached hydrogens (tertiary/aromatic N) is 1. The molecule has 1 aliphatic heterocycles. The molecule has 0 aromatic heterocycles. The first-order valence-corrected chi connectivity index (χ1v) is 15.3. The fraction of sp³-hybridized carbons (Fsp3) is 0.606. The van der Waals surface area contributed by atoms with Crippen molar-refractivity contribution in [3.05, 3.63) is 59.2 Å². The Bertz CT molecular complexity index is 1470. The highest BCUT2D eigenvalue weighted by Crippen LogP contribution is 2.72. The summed E-state index contributed by atoms with van der Waals surface area (Å²) in [6.07, 6.45) is 3.20. The van der Waals surface area contributed by atoms with Crippen LogP contribution < -0.4 is 0 Å². The third-order valence-electron chi connectivity index (χ3n) is 11.1. The van der Waals surface area contributed by atoms with Gasteiger partial charge in [0, 0.05) is 16.7 Å². The van der Waals surface area contributed by atoms with Crippen LogP contribution in [-0.2, 0) is 46.5 Å². The average Bonchev–Trinajstić information content (AvgIpc) is 3.37. The molecule has 6 rings (SSSR count). The smallest absolute Gasteiger partial charge is 0.310 e. The van der Waals surface area contributed by atoms with Crippen molar-refractivity contribution in [1.29, 1.82) is 0 Å². The van der Waals surface area contributed by atoms with E-state index in [9.17, 15) is 19.5 Å². The van der Waals surface area contributed by atoms with Gasteiger partial charge in [0.2, 0.25) is 5.78 Å². The van der Waals surface area contributed by atoms with Crippen molar-refractivity contribution in [2.75, 3.05) is 6.61 Å². The van der Waals surface area contributed by atoms with Gasteiger partial charge in [0.15, 0.2) is 29.4 Å². The number of ketones is 2. The van der Waals surface area contributed by atoms with Gasteiger partial charge in [0.05, 0.1) is 30.6 Å². The Morgan fingerprint density at radius 2 is 1.87 bits per heavy atom. The Morgan fingerprint density at radius 1 is 1.13 bits per heavy atom. The Kier molecular flexibility index (Phi) is 7.76. The van der Waals surface area contributed by atoms with Crippen LogP contribution in [0.1, 0.15) is 64.5 Å². The molecule has 3 N–H and O–H groups in total. The van der Waals surface area contributed by atoms with Crippen molar-refractivity contribution < 1.29 is 53.3 Å². The van der Waals surface area contributed by atoms with Gasteiger partial charge in [-0.1, -0.05) is 42.8 Å². The monoisotopic (exact) mass is 629 g/mol. The number of hydrogen-bond donors (Lipinski definition) is 3. The maximum atomic E-state index is 17.6. The number of esters is 1. The number of fused-ring (bicyclic) bond motifs is 7. The second-order valence-corrected chi connectivity index (χ2v) is 14.0. The third-order valence-corrected chi connectivity index (χ3v) is 11.1. The van der Waals surface area contributed by atoms with Crippen molar-refractivity contribution in [3.63, 3.8) is 0 Å². The summed E-state index contributed by atoms with van der Waals surface area (Å²) in [6, 6.07) is 6.67. The van der Waals surface area contributed by atoms with Gasteiger partial charge < -0.3 is 19.3 Å². The van der Waals surface area contributed by atoms with Crippen LogP contribution in [0, 0.1) is 22.7 Å². The van der Waals surface area contributed by atoms with Crippen molar-refractivity contribution in [3.8, 4) is 0 Å². The van der Waals surface area contributed by atoms with Gasteiger partial charge in [-0.05, 0) is 75.7 Å². The lowest BCUT2D eigenvalue weighted by Crippen LogP contribution is -2.70. The fourth-order valence-electron chi connectivity index (χ4n) is 9.24. The molecular weight excluding hydrogens is 589 g/mol. The van der Waals surface area contributed by atoms with E-state index in [0.717, 1.165) is 0 Å². The molecule has 12 heteroatoms. The molecule has 1 heterocycles. The van der Waals surface area contributed by atoms with Gasteiger partial charge in [0.25, 0.3) is 0 Å². The molecule has 0 bridgehead atoms. The molecule has 1 aromatic rings. The maximum absolute atomic E-state index is 17.6. The Hall–Kier alpha value is -2.84. The van der Waals surface area contributed by atoms with Crippen molar-refractivity contribution in [2.24, 2.45) is 22.7 Å². The molecule has 1 saturated heterocycles. The minimum atomic E-state index is -2.07. The quantitative estimate of drug-likeness (QED) is 0.285. The van der Waals surface area contributed by atoms with Crippen LogP contribution in [0.4, 0.5) is 4.39 Å². The number of alkyl halides is 1. The summed E-state index contributed by atoms with van der Waals surface area (Å²) in [6.45, 7) is 6.25. The average molecular weight is 630 g/mol. The molecule has 1 aromatic carbocycles. The molecule has 0 radical (unpaired) electrons. The number of Topliss-reactive ketones (excluding diaryl/α,β-unsaturated/α-hetero) is 1. The summed E-state index contributed by atoms with van der Waals surface area (Å²) in [5, 5.41) is 28.9. The number of aliphatic hydroxyl groups is 1. The molecule has 8 atom stereocenters. The zero-order valence-corrected chi connectivity index (χ0v) is 25.8. The number of hydrogen-bond acceptors (Lipinski definition) is 11. The summed E-state index contributed by atoms with van der Waals surface area (Å²) in [5.41, 5.74) is -4.07. The van der Waals surface area contributed by atoms with Crippen molar-refractivity contribution >= 4 is 17.5 Å². The van der Waals surface area contributed by atoms with Gasteiger partial charge in [-0.25, -0.2) is 9.23 Å². The van der Waals surface area contributed by atoms with Crippen LogP contribution >= 0.6 is 0 Å². The number of benzene rings is 1. The minimum absolute atomic E-state index is 0.0844. The van der Waals surface area contributed by atoms with E-state index >= 15 is 4.39 Å². The first kappa shape index (κ1) is 32.1. The highest BCUT2D eigenvalue weighted by atomic mass is 19.1. The standard InChI is InChI=1S/C33H40FNO10/c1-29(2)44-27-15-24-23-9-8-21-14-22(36)10-11-30(21,3)32(23,34)25(37)16-31(24,4)33(27,45-29)26(38)18-42-28(39)13-19-6-5-7-20(12-19)17-43-35(40)41/h5-7,10-12,14,23-25,27,37,40-41H,8-9,13,15-18H2,1-4H3/t23?,24-,25-,27+,30-,31-,32-,33+/m0/s1. The van der Waals surface area contributed by atoms with Crippen LogP contribution in [0.15, 0.2) is 48.1 Å². The fourth-order valence-corrected chi connectivity index (χ4v) is 9.24. The van der Waals surface area contributed by atoms with Crippen LogP contribution in [0.3, 0.4) is 0 Å². The predicted molar refractivity (Wildman–Crippen MR) is 153 cm³/mol. The highest BCUT2D eigenvalue weighted by molar-refractivity contribution is 6.01. The van der Waals surface area contributed by atoms with E-state index in [1.807, 2.05) is 6.92 Å². The van der Waals surface area contributed by atoms with Gasteiger partial charge >= 0.3 is 5.97 Å². The van der Waals surface area contributed by atoms with Crippen LogP contribution in [0.2, 0.25) is 0 Å². The highest BCUT2D eigenvalue weighted by Gasteiger charge is 2.80. The second kappa shape index (κ2) is 10.9. The number of allylic oxidation sites excluding steroid dienone is 4. The van der Waals surface area contributed by atoms with Crippen LogP contribution in [0.5, 0.6) is 0 Å². The zero-order valence-electron chi connectivity index (χ0n) is 25.8. The molecule has 0 spiro atoms. The number of carbonyl (C=O) groups excluding carboxylic acids is 3. The molecule has 5 aliphatic rings. The van der Waals surface area contributed by atoms with Crippen LogP contribution in [0.25, 0.3) is 0 Å². The number of carbonyl (C=O) groups is 3. The number of ether oxygens (including phenoxy) is 3. The van der Waals surface area contributed by atoms with Gasteiger partial charge in [-0.2, -0.15) is 0 Å². The van der Waals surface area contributed by atoms with Gasteiger partial charge in [0.1, 0.15) is 0 Å². The summed E-state index contributed by atoms with van der Waals surface area (Å²) < 4.78 is 35.8. The zero-order chi connectivity index (χ0) is 32.6. The first-order chi connectivity index (χ1) is 21.1. The molecule has 4 aliphatic carbocycles. The summed E-state index contributed by atoms with van der Waals surface area (Å²) in [7, 11) is 0. The maximum Gasteiger partial charge on any atom is 0.310 e. The molecular formula is C33H40FNO10.